The molecule has 7 nitrogen and oxygen atoms in total. The molecule has 176 valence electrons. The molecular formula is C27H23N3O4S. The molecule has 0 aliphatic carbocycles. The summed E-state index contributed by atoms with van der Waals surface area (Å²) in [6.45, 7) is 0. The van der Waals surface area contributed by atoms with Gasteiger partial charge in [-0.3, -0.25) is 4.98 Å². The summed E-state index contributed by atoms with van der Waals surface area (Å²) in [7, 11) is 3.00. The molecule has 0 radical (unpaired) electrons. The second-order valence-corrected chi connectivity index (χ2v) is 8.36. The van der Waals surface area contributed by atoms with Crippen LogP contribution in [-0.4, -0.2) is 30.3 Å². The number of anilines is 1. The van der Waals surface area contributed by atoms with Gasteiger partial charge in [-0.05, 0) is 72.9 Å². The summed E-state index contributed by atoms with van der Waals surface area (Å²) in [4.78, 5) is 18.6. The van der Waals surface area contributed by atoms with Gasteiger partial charge in [-0.25, -0.2) is 4.79 Å². The molecule has 4 aromatic rings. The van der Waals surface area contributed by atoms with Gasteiger partial charge in [-0.1, -0.05) is 18.2 Å². The number of carbonyl (C=O) groups is 1. The average Bonchev–Trinajstić information content (AvgIpc) is 3.53. The molecule has 3 heterocycles. The van der Waals surface area contributed by atoms with Crippen LogP contribution < -0.4 is 15.0 Å². The van der Waals surface area contributed by atoms with Crippen LogP contribution in [0.1, 0.15) is 33.9 Å². The lowest BCUT2D eigenvalue weighted by Crippen LogP contribution is -2.29. The van der Waals surface area contributed by atoms with E-state index in [1.165, 1.54) is 7.11 Å². The number of carbonyl (C=O) groups excluding carboxylic acids is 1. The molecule has 8 heteroatoms. The summed E-state index contributed by atoms with van der Waals surface area (Å²) >= 11 is 5.76. The van der Waals surface area contributed by atoms with Crippen molar-refractivity contribution in [2.75, 3.05) is 19.1 Å². The predicted octanol–water partition coefficient (Wildman–Crippen LogP) is 5.31. The van der Waals surface area contributed by atoms with Gasteiger partial charge >= 0.3 is 5.97 Å². The molecule has 0 saturated carbocycles. The van der Waals surface area contributed by atoms with Crippen molar-refractivity contribution in [1.29, 1.82) is 0 Å². The molecule has 1 N–H and O–H groups in total. The Morgan fingerprint density at radius 1 is 1.03 bits per heavy atom. The Bertz CT molecular complexity index is 1350. The lowest BCUT2D eigenvalue weighted by atomic mass is 10.0. The lowest BCUT2D eigenvalue weighted by molar-refractivity contribution is 0.0601. The Kier molecular flexibility index (Phi) is 6.20. The van der Waals surface area contributed by atoms with Gasteiger partial charge in [-0.15, -0.1) is 0 Å². The maximum Gasteiger partial charge on any atom is 0.337 e. The molecule has 2 atom stereocenters. The molecule has 0 spiro atoms. The van der Waals surface area contributed by atoms with Crippen LogP contribution in [0.25, 0.3) is 11.3 Å². The Balaban J connectivity index is 1.56. The number of pyridine rings is 1. The van der Waals surface area contributed by atoms with Crippen LogP contribution in [0.2, 0.25) is 0 Å². The number of thiocarbonyl (C=S) groups is 1. The third kappa shape index (κ3) is 4.36. The van der Waals surface area contributed by atoms with Crippen molar-refractivity contribution in [3.63, 3.8) is 0 Å². The van der Waals surface area contributed by atoms with E-state index < -0.39 is 5.97 Å². The third-order valence-electron chi connectivity index (χ3n) is 5.94. The number of nitrogens with one attached hydrogen (secondary N) is 1. The third-order valence-corrected chi connectivity index (χ3v) is 6.25. The number of ether oxygens (including phenoxy) is 2. The first-order valence-corrected chi connectivity index (χ1v) is 11.4. The number of furan rings is 1. The SMILES string of the molecule is COC(=O)c1cccc(-c2ccc([C@@H]3[C@@H](c4ccccn4)NC(=S)N3c3ccc(OC)cc3)o2)c1. The molecule has 0 bridgehead atoms. The molecule has 1 aliphatic rings. The molecule has 2 aromatic carbocycles. The lowest BCUT2D eigenvalue weighted by Gasteiger charge is -2.26. The highest BCUT2D eigenvalue weighted by Gasteiger charge is 2.42. The van der Waals surface area contributed by atoms with Crippen LogP contribution in [0, 0.1) is 0 Å². The first kappa shape index (κ1) is 22.6. The normalized spacial score (nSPS) is 17.2. The minimum Gasteiger partial charge on any atom is -0.497 e. The summed E-state index contributed by atoms with van der Waals surface area (Å²) in [6.07, 6.45) is 1.76. The fourth-order valence-corrected chi connectivity index (χ4v) is 4.59. The van der Waals surface area contributed by atoms with Crippen LogP contribution in [0.5, 0.6) is 5.75 Å². The number of nitrogens with zero attached hydrogens (tertiary/aromatic N) is 2. The van der Waals surface area contributed by atoms with Crippen molar-refractivity contribution in [3.8, 4) is 17.1 Å². The summed E-state index contributed by atoms with van der Waals surface area (Å²) in [5, 5.41) is 3.99. The highest BCUT2D eigenvalue weighted by molar-refractivity contribution is 7.80. The molecule has 0 amide bonds. The zero-order chi connectivity index (χ0) is 24.4. The van der Waals surface area contributed by atoms with Gasteiger partial charge < -0.3 is 24.1 Å². The van der Waals surface area contributed by atoms with E-state index >= 15 is 0 Å². The molecule has 1 saturated heterocycles. The van der Waals surface area contributed by atoms with E-state index in [-0.39, 0.29) is 12.1 Å². The van der Waals surface area contributed by atoms with Gasteiger partial charge in [0.05, 0.1) is 31.5 Å². The molecule has 0 unspecified atom stereocenters. The van der Waals surface area contributed by atoms with Gasteiger partial charge in [0.1, 0.15) is 23.3 Å². The highest BCUT2D eigenvalue weighted by Crippen LogP contribution is 2.43. The molecule has 1 fully saturated rings. The Labute approximate surface area is 208 Å². The van der Waals surface area contributed by atoms with Crippen LogP contribution in [0.4, 0.5) is 5.69 Å². The van der Waals surface area contributed by atoms with Crippen molar-refractivity contribution < 1.29 is 18.7 Å². The van der Waals surface area contributed by atoms with Crippen molar-refractivity contribution >= 4 is 29.0 Å². The molecule has 1 aliphatic heterocycles. The second-order valence-electron chi connectivity index (χ2n) is 7.97. The zero-order valence-electron chi connectivity index (χ0n) is 19.2. The first-order valence-electron chi connectivity index (χ1n) is 11.0. The van der Waals surface area contributed by atoms with Crippen molar-refractivity contribution in [1.82, 2.24) is 10.3 Å². The molecular weight excluding hydrogens is 462 g/mol. The standard InChI is InChI=1S/C27H23N3O4S/c1-32-20-11-9-19(10-12-20)30-25(24(29-27(30)35)21-8-3-4-15-28-21)23-14-13-22(34-23)17-6-5-7-18(16-17)26(31)33-2/h3-16,24-25H,1-2H3,(H,29,35)/t24-,25-/m1/s1. The van der Waals surface area contributed by atoms with Gasteiger partial charge in [-0.2, -0.15) is 0 Å². The summed E-state index contributed by atoms with van der Waals surface area (Å²) in [5.74, 6) is 1.71. The van der Waals surface area contributed by atoms with Crippen molar-refractivity contribution in [3.05, 3.63) is 102 Å². The summed E-state index contributed by atoms with van der Waals surface area (Å²) in [5.41, 5.74) is 2.98. The van der Waals surface area contributed by atoms with E-state index in [1.807, 2.05) is 65.6 Å². The number of aromatic nitrogens is 1. The molecule has 35 heavy (non-hydrogen) atoms. The predicted molar refractivity (Wildman–Crippen MR) is 136 cm³/mol. The van der Waals surface area contributed by atoms with Gasteiger partial charge in [0.2, 0.25) is 0 Å². The Morgan fingerprint density at radius 2 is 1.86 bits per heavy atom. The molecule has 5 rings (SSSR count). The quantitative estimate of drug-likeness (QED) is 0.291. The number of hydrogen-bond donors (Lipinski definition) is 1. The fraction of sp³-hybridized carbons (Fsp3) is 0.148. The van der Waals surface area contributed by atoms with Crippen LogP contribution >= 0.6 is 12.2 Å². The Morgan fingerprint density at radius 3 is 2.57 bits per heavy atom. The van der Waals surface area contributed by atoms with E-state index in [4.69, 9.17) is 26.1 Å². The smallest absolute Gasteiger partial charge is 0.337 e. The highest BCUT2D eigenvalue weighted by atomic mass is 32.1. The van der Waals surface area contributed by atoms with Gasteiger partial charge in [0.25, 0.3) is 0 Å². The van der Waals surface area contributed by atoms with Crippen LogP contribution in [-0.2, 0) is 4.74 Å². The van der Waals surface area contributed by atoms with Gasteiger partial charge in [0.15, 0.2) is 5.11 Å². The first-order chi connectivity index (χ1) is 17.1. The van der Waals surface area contributed by atoms with E-state index in [2.05, 4.69) is 10.3 Å². The van der Waals surface area contributed by atoms with E-state index in [0.29, 0.717) is 22.2 Å². The minimum atomic E-state index is -0.398. The van der Waals surface area contributed by atoms with E-state index in [0.717, 1.165) is 22.7 Å². The molecule has 2 aromatic heterocycles. The second kappa shape index (κ2) is 9.60. The topological polar surface area (TPSA) is 76.8 Å². The average molecular weight is 486 g/mol. The number of methoxy groups -OCH3 is 2. The number of esters is 1. The minimum absolute atomic E-state index is 0.230. The van der Waals surface area contributed by atoms with Crippen LogP contribution in [0.3, 0.4) is 0 Å². The summed E-state index contributed by atoms with van der Waals surface area (Å²) < 4.78 is 16.5. The van der Waals surface area contributed by atoms with E-state index in [9.17, 15) is 4.79 Å². The monoisotopic (exact) mass is 485 g/mol. The number of hydrogen-bond acceptors (Lipinski definition) is 6. The van der Waals surface area contributed by atoms with E-state index in [1.54, 1.807) is 31.5 Å². The summed E-state index contributed by atoms with van der Waals surface area (Å²) in [6, 6.07) is 24.0. The number of benzene rings is 2. The zero-order valence-corrected chi connectivity index (χ0v) is 20.0. The largest absolute Gasteiger partial charge is 0.497 e. The number of rotatable bonds is 6. The Hall–Kier alpha value is -4.17. The van der Waals surface area contributed by atoms with Crippen molar-refractivity contribution in [2.24, 2.45) is 0 Å². The maximum absolute atomic E-state index is 12.0. The maximum atomic E-state index is 12.0. The fourth-order valence-electron chi connectivity index (χ4n) is 4.25. The van der Waals surface area contributed by atoms with Gasteiger partial charge in [0, 0.05) is 17.4 Å². The van der Waals surface area contributed by atoms with Crippen molar-refractivity contribution in [2.45, 2.75) is 12.1 Å². The van der Waals surface area contributed by atoms with Crippen LogP contribution in [0.15, 0.2) is 89.5 Å².